The first-order valence-corrected chi connectivity index (χ1v) is 16.5. The van der Waals surface area contributed by atoms with Gasteiger partial charge in [0.25, 0.3) is 0 Å². The lowest BCUT2D eigenvalue weighted by Crippen LogP contribution is -2.61. The number of oxime groups is 1. The first-order valence-electron chi connectivity index (χ1n) is 16.5. The van der Waals surface area contributed by atoms with Crippen LogP contribution in [0.25, 0.3) is 0 Å². The van der Waals surface area contributed by atoms with E-state index in [2.05, 4.69) is 41.6 Å². The molecule has 0 aliphatic carbocycles. The minimum absolute atomic E-state index is 0.0362. The molecule has 8 unspecified atom stereocenters. The fourth-order valence-electron chi connectivity index (χ4n) is 8.07. The third kappa shape index (κ3) is 7.38. The number of carbonyl (C=O) groups is 3. The molecule has 3 aliphatic heterocycles. The summed E-state index contributed by atoms with van der Waals surface area (Å²) in [5.41, 5.74) is 2.09. The van der Waals surface area contributed by atoms with E-state index in [-0.39, 0.29) is 35.8 Å². The molecule has 0 aromatic heterocycles. The second-order valence-electron chi connectivity index (χ2n) is 14.7. The summed E-state index contributed by atoms with van der Waals surface area (Å²) < 4.78 is 25.1. The topological polar surface area (TPSA) is 140 Å². The first-order chi connectivity index (χ1) is 21.4. The molecule has 0 bridgehead atoms. The van der Waals surface area contributed by atoms with Gasteiger partial charge in [-0.2, -0.15) is 0 Å². The Bertz CT molecular complexity index is 1130. The highest BCUT2D eigenvalue weighted by Gasteiger charge is 2.57. The molecule has 12 atom stereocenters. The van der Waals surface area contributed by atoms with Gasteiger partial charge in [-0.3, -0.25) is 14.6 Å². The maximum atomic E-state index is 14.1. The van der Waals surface area contributed by atoms with Gasteiger partial charge in [0.05, 0.1) is 29.5 Å². The lowest BCUT2D eigenvalue weighted by Gasteiger charge is -2.47. The first kappa shape index (κ1) is 38.1. The number of hydrogen-bond donors (Lipinski definition) is 2. The Balaban J connectivity index is 2.14. The van der Waals surface area contributed by atoms with Gasteiger partial charge < -0.3 is 34.0 Å². The number of ether oxygens (including phenoxy) is 4. The summed E-state index contributed by atoms with van der Waals surface area (Å²) in [6.07, 6.45) is -1.38. The molecule has 3 rings (SSSR count). The van der Waals surface area contributed by atoms with Gasteiger partial charge in [0.2, 0.25) is 0 Å². The molecule has 0 saturated carbocycles. The zero-order valence-corrected chi connectivity index (χ0v) is 30.4. The number of cyclic esters (lactones) is 1. The quantitative estimate of drug-likeness (QED) is 0.250. The normalized spacial score (nSPS) is 42.0. The maximum Gasteiger partial charge on any atom is 0.332 e. The van der Waals surface area contributed by atoms with E-state index in [0.717, 1.165) is 12.1 Å². The molecule has 264 valence electrons. The maximum absolute atomic E-state index is 14.1. The molecule has 0 radical (unpaired) electrons. The number of fused-ring (bicyclic) bond motifs is 1. The average molecular weight is 654 g/mol. The number of ketones is 1. The Morgan fingerprint density at radius 2 is 1.65 bits per heavy atom. The van der Waals surface area contributed by atoms with Crippen molar-refractivity contribution < 1.29 is 38.2 Å². The van der Waals surface area contributed by atoms with Crippen LogP contribution < -0.4 is 10.7 Å². The molecule has 13 heteroatoms. The number of esters is 1. The number of Topliss-reactive ketones (excluding diaryl/α,β-unsaturated/α-hetero) is 1. The lowest BCUT2D eigenvalue weighted by molar-refractivity contribution is -0.289. The largest absolute Gasteiger partial charge is 0.460 e. The summed E-state index contributed by atoms with van der Waals surface area (Å²) >= 11 is 0. The number of nitrogens with one attached hydrogen (secondary N) is 2. The highest BCUT2D eigenvalue weighted by Crippen LogP contribution is 2.42. The molecule has 2 amide bonds. The van der Waals surface area contributed by atoms with Crippen molar-refractivity contribution in [1.29, 1.82) is 0 Å². The molecular weight excluding hydrogens is 594 g/mol. The summed E-state index contributed by atoms with van der Waals surface area (Å²) in [7, 11) is 8.83. The van der Waals surface area contributed by atoms with Crippen LogP contribution in [-0.2, 0) is 33.4 Å². The molecule has 3 aliphatic rings. The molecule has 3 heterocycles. The molecule has 0 spiro atoms. The van der Waals surface area contributed by atoms with Gasteiger partial charge in [0.15, 0.2) is 12.1 Å². The van der Waals surface area contributed by atoms with Crippen LogP contribution >= 0.6 is 0 Å². The van der Waals surface area contributed by atoms with Gasteiger partial charge in [-0.05, 0) is 66.0 Å². The van der Waals surface area contributed by atoms with E-state index < -0.39 is 59.4 Å². The van der Waals surface area contributed by atoms with Gasteiger partial charge >= 0.3 is 12.0 Å². The van der Waals surface area contributed by atoms with Crippen molar-refractivity contribution in [2.45, 2.75) is 123 Å². The Hall–Kier alpha value is -2.32. The van der Waals surface area contributed by atoms with Crippen LogP contribution in [0.4, 0.5) is 4.79 Å². The van der Waals surface area contributed by atoms with Gasteiger partial charge in [0.1, 0.15) is 25.2 Å². The molecule has 0 aromatic carbocycles. The van der Waals surface area contributed by atoms with E-state index in [1.54, 1.807) is 28.0 Å². The second kappa shape index (κ2) is 14.8. The Morgan fingerprint density at radius 3 is 2.20 bits per heavy atom. The van der Waals surface area contributed by atoms with Crippen molar-refractivity contribution in [3.63, 3.8) is 0 Å². The predicted molar refractivity (Wildman–Crippen MR) is 174 cm³/mol. The van der Waals surface area contributed by atoms with Gasteiger partial charge in [-0.15, -0.1) is 0 Å². The molecule has 2 N–H and O–H groups in total. The third-order valence-electron chi connectivity index (χ3n) is 10.6. The summed E-state index contributed by atoms with van der Waals surface area (Å²) in [5, 5.41) is 9.07. The number of nitrogens with zero attached hydrogens (tertiary/aromatic N) is 3. The van der Waals surface area contributed by atoms with Crippen LogP contribution in [-0.4, -0.2) is 117 Å². The molecular formula is C33H59N5O8. The van der Waals surface area contributed by atoms with Crippen molar-refractivity contribution in [2.24, 2.45) is 34.2 Å². The van der Waals surface area contributed by atoms with E-state index >= 15 is 0 Å². The van der Waals surface area contributed by atoms with E-state index in [9.17, 15) is 14.4 Å². The number of urea groups is 1. The summed E-state index contributed by atoms with van der Waals surface area (Å²) in [4.78, 5) is 48.5. The van der Waals surface area contributed by atoms with Crippen molar-refractivity contribution in [1.82, 2.24) is 20.7 Å². The predicted octanol–water partition coefficient (Wildman–Crippen LogP) is 3.22. The lowest BCUT2D eigenvalue weighted by atomic mass is 9.69. The van der Waals surface area contributed by atoms with Crippen LogP contribution in [0.3, 0.4) is 0 Å². The summed E-state index contributed by atoms with van der Waals surface area (Å²) in [5.74, 6) is -3.21. The van der Waals surface area contributed by atoms with Crippen molar-refractivity contribution >= 4 is 23.5 Å². The van der Waals surface area contributed by atoms with Gasteiger partial charge in [-0.1, -0.05) is 39.8 Å². The zero-order valence-electron chi connectivity index (χ0n) is 30.4. The van der Waals surface area contributed by atoms with Crippen LogP contribution in [0.1, 0.15) is 75.2 Å². The SMILES string of the molecule is CNN1C(=O)NC2(C)C1C(C)/C(=N\OC)C(C)CC(C)(C)C(OC1O[C@H](C)CC(N(C)C)C1OC)[C@@H](C)C(=O)[C@@H](C)C(=O)O[C@@H]2C. The molecule has 46 heavy (non-hydrogen) atoms. The molecule has 3 saturated heterocycles. The second-order valence-corrected chi connectivity index (χ2v) is 14.7. The molecule has 0 aromatic rings. The Kier molecular flexibility index (Phi) is 12.3. The number of amides is 2. The van der Waals surface area contributed by atoms with Crippen molar-refractivity contribution in [3.8, 4) is 0 Å². The highest BCUT2D eigenvalue weighted by atomic mass is 16.7. The fourth-order valence-corrected chi connectivity index (χ4v) is 8.07. The van der Waals surface area contributed by atoms with Gasteiger partial charge in [-0.25, -0.2) is 10.2 Å². The average Bonchev–Trinajstić information content (AvgIpc) is 3.25. The van der Waals surface area contributed by atoms with Crippen LogP contribution in [0.2, 0.25) is 0 Å². The number of methoxy groups -OCH3 is 1. The van der Waals surface area contributed by atoms with Gasteiger partial charge in [0, 0.05) is 32.0 Å². The molecule has 13 nitrogen and oxygen atoms in total. The zero-order chi connectivity index (χ0) is 34.9. The smallest absolute Gasteiger partial charge is 0.332 e. The van der Waals surface area contributed by atoms with E-state index in [4.69, 9.17) is 23.8 Å². The fraction of sp³-hybridized carbons (Fsp3) is 0.879. The molecule has 3 fully saturated rings. The monoisotopic (exact) mass is 653 g/mol. The van der Waals surface area contributed by atoms with E-state index in [1.807, 2.05) is 41.8 Å². The van der Waals surface area contributed by atoms with Crippen LogP contribution in [0, 0.1) is 29.1 Å². The van der Waals surface area contributed by atoms with Crippen LogP contribution in [0.15, 0.2) is 5.16 Å². The van der Waals surface area contributed by atoms with Crippen molar-refractivity contribution in [3.05, 3.63) is 0 Å². The number of likely N-dealkylation sites (N-methyl/N-ethyl adjacent to an activating group) is 1. The number of hydrogen-bond acceptors (Lipinski definition) is 11. The Labute approximate surface area is 275 Å². The summed E-state index contributed by atoms with van der Waals surface area (Å²) in [6.45, 7) is 17.2. The van der Waals surface area contributed by atoms with E-state index in [1.165, 1.54) is 12.1 Å². The third-order valence-corrected chi connectivity index (χ3v) is 10.6. The summed E-state index contributed by atoms with van der Waals surface area (Å²) in [6, 6.07) is -0.834. The Morgan fingerprint density at radius 1 is 1.02 bits per heavy atom. The standard InChI is InChI=1S/C33H59N5O8/c1-17-16-32(7,8)28(46-30-26(42-13)23(37(11)12)15-18(2)44-30)20(4)25(39)21(5)29(40)45-22(6)33(9)27(19(3)24(17)36-43-14)38(34-10)31(41)35-33/h17-23,26-28,30,34H,15-16H2,1-14H3,(H,35,41)/b36-24-/t17?,18-,19?,20+,21-,22-,23?,26?,27?,28?,30?,33?/m1/s1. The minimum atomic E-state index is -1.07. The van der Waals surface area contributed by atoms with E-state index in [0.29, 0.717) is 6.42 Å². The number of rotatable bonds is 6. The highest BCUT2D eigenvalue weighted by molar-refractivity contribution is 6.00. The number of hydrazine groups is 1. The van der Waals surface area contributed by atoms with Crippen molar-refractivity contribution in [2.75, 3.05) is 35.4 Å². The number of carbonyl (C=O) groups excluding carboxylic acids is 3. The van der Waals surface area contributed by atoms with Crippen LogP contribution in [0.5, 0.6) is 0 Å². The minimum Gasteiger partial charge on any atom is -0.460 e.